The van der Waals surface area contributed by atoms with E-state index in [1.807, 2.05) is 12.1 Å². The molecule has 0 saturated carbocycles. The number of carbonyl (C=O) groups is 1. The molecule has 0 fully saturated rings. The van der Waals surface area contributed by atoms with Gasteiger partial charge in [-0.15, -0.1) is 0 Å². The molecule has 0 radical (unpaired) electrons. The Bertz CT molecular complexity index is 357. The molecule has 0 heterocycles. The highest BCUT2D eigenvalue weighted by atomic mass is 16.4. The third kappa shape index (κ3) is 5.00. The summed E-state index contributed by atoms with van der Waals surface area (Å²) in [7, 11) is 0. The first-order valence-electron chi connectivity index (χ1n) is 6.10. The zero-order chi connectivity index (χ0) is 12.8. The van der Waals surface area contributed by atoms with Crippen LogP contribution < -0.4 is 10.8 Å². The van der Waals surface area contributed by atoms with Crippen molar-refractivity contribution in [2.45, 2.75) is 39.2 Å². The van der Waals surface area contributed by atoms with Gasteiger partial charge in [0.2, 0.25) is 0 Å². The summed E-state index contributed by atoms with van der Waals surface area (Å²) >= 11 is 0. The summed E-state index contributed by atoms with van der Waals surface area (Å²) in [6.07, 6.45) is 1.68. The van der Waals surface area contributed by atoms with Crippen molar-refractivity contribution in [1.82, 2.24) is 0 Å². The molecule has 0 aromatic heterocycles. The first-order chi connectivity index (χ1) is 7.99. The minimum absolute atomic E-state index is 0.0287. The van der Waals surface area contributed by atoms with E-state index in [0.29, 0.717) is 12.3 Å². The monoisotopic (exact) mass is 235 g/mol. The number of carbonyl (C=O) groups excluding carboxylic acids is 1. The van der Waals surface area contributed by atoms with Crippen molar-refractivity contribution in [3.8, 4) is 0 Å². The largest absolute Gasteiger partial charge is 0.550 e. The van der Waals surface area contributed by atoms with Crippen LogP contribution in [0.3, 0.4) is 0 Å². The van der Waals surface area contributed by atoms with Crippen molar-refractivity contribution < 1.29 is 15.6 Å². The van der Waals surface area contributed by atoms with Crippen LogP contribution in [0.5, 0.6) is 0 Å². The second-order valence-corrected chi connectivity index (χ2v) is 4.95. The van der Waals surface area contributed by atoms with E-state index in [9.17, 15) is 9.90 Å². The molecule has 3 nitrogen and oxygen atoms in total. The smallest absolute Gasteiger partial charge is 0.110 e. The number of carboxylic acid groups (broad SMARTS) is 1. The average Bonchev–Trinajstić information content (AvgIpc) is 2.26. The number of aliphatic carboxylic acids is 1. The lowest BCUT2D eigenvalue weighted by molar-refractivity contribution is -0.428. The fourth-order valence-electron chi connectivity index (χ4n) is 1.86. The second kappa shape index (κ2) is 6.40. The Hall–Kier alpha value is -1.35. The van der Waals surface area contributed by atoms with E-state index in [-0.39, 0.29) is 12.5 Å². The van der Waals surface area contributed by atoms with Gasteiger partial charge in [-0.2, -0.15) is 0 Å². The van der Waals surface area contributed by atoms with Crippen molar-refractivity contribution in [3.63, 3.8) is 0 Å². The van der Waals surface area contributed by atoms with E-state index < -0.39 is 5.97 Å². The van der Waals surface area contributed by atoms with Gasteiger partial charge in [-0.25, -0.2) is 0 Å². The topological polar surface area (TPSA) is 67.8 Å². The molecule has 1 aromatic rings. The molecule has 0 saturated heterocycles. The van der Waals surface area contributed by atoms with Crippen LogP contribution in [0.4, 0.5) is 0 Å². The Morgan fingerprint density at radius 3 is 2.35 bits per heavy atom. The number of benzene rings is 1. The quantitative estimate of drug-likeness (QED) is 0.788. The van der Waals surface area contributed by atoms with Gasteiger partial charge in [0.25, 0.3) is 0 Å². The Morgan fingerprint density at radius 2 is 1.88 bits per heavy atom. The lowest BCUT2D eigenvalue weighted by atomic mass is 9.98. The molecule has 3 heteroatoms. The van der Waals surface area contributed by atoms with Gasteiger partial charge in [-0.05, 0) is 24.3 Å². The minimum atomic E-state index is -1.00. The van der Waals surface area contributed by atoms with Crippen LogP contribution in [-0.4, -0.2) is 5.97 Å². The van der Waals surface area contributed by atoms with Crippen molar-refractivity contribution >= 4 is 5.97 Å². The highest BCUT2D eigenvalue weighted by Gasteiger charge is 2.09. The highest BCUT2D eigenvalue weighted by Crippen LogP contribution is 2.16. The molecule has 0 unspecified atom stereocenters. The van der Waals surface area contributed by atoms with Crippen LogP contribution in [0.15, 0.2) is 24.3 Å². The normalized spacial score (nSPS) is 12.7. The number of hydrogen-bond donors (Lipinski definition) is 1. The molecule has 0 amide bonds. The molecular weight excluding hydrogens is 214 g/mol. The molecule has 0 spiro atoms. The first-order valence-corrected chi connectivity index (χ1v) is 6.10. The molecule has 0 aliphatic rings. The van der Waals surface area contributed by atoms with Crippen molar-refractivity contribution in [3.05, 3.63) is 35.4 Å². The van der Waals surface area contributed by atoms with Gasteiger partial charge in [0, 0.05) is 18.0 Å². The lowest BCUT2D eigenvalue weighted by Gasteiger charge is -2.11. The Labute approximate surface area is 103 Å². The van der Waals surface area contributed by atoms with Crippen LogP contribution in [-0.2, 0) is 11.2 Å². The fraction of sp³-hybridized carbons (Fsp3) is 0.500. The highest BCUT2D eigenvalue weighted by molar-refractivity contribution is 5.64. The summed E-state index contributed by atoms with van der Waals surface area (Å²) in [4.78, 5) is 10.4. The molecule has 17 heavy (non-hydrogen) atoms. The lowest BCUT2D eigenvalue weighted by Crippen LogP contribution is -2.53. The van der Waals surface area contributed by atoms with Crippen LogP contribution in [0, 0.1) is 5.92 Å². The molecule has 0 aliphatic carbocycles. The summed E-state index contributed by atoms with van der Waals surface area (Å²) in [6, 6.07) is 8.33. The molecule has 1 rings (SSSR count). The molecule has 1 aromatic carbocycles. The Balaban J connectivity index is 2.57. The van der Waals surface area contributed by atoms with Gasteiger partial charge in [0.05, 0.1) is 0 Å². The Morgan fingerprint density at radius 1 is 1.29 bits per heavy atom. The average molecular weight is 235 g/mol. The third-order valence-corrected chi connectivity index (χ3v) is 2.79. The first kappa shape index (κ1) is 13.7. The predicted molar refractivity (Wildman–Crippen MR) is 64.9 cm³/mol. The molecule has 0 aliphatic heterocycles. The zero-order valence-corrected chi connectivity index (χ0v) is 10.6. The fourth-order valence-corrected chi connectivity index (χ4v) is 1.86. The van der Waals surface area contributed by atoms with Crippen molar-refractivity contribution in [2.75, 3.05) is 0 Å². The van der Waals surface area contributed by atoms with Gasteiger partial charge in [0.15, 0.2) is 0 Å². The van der Waals surface area contributed by atoms with Crippen LogP contribution >= 0.6 is 0 Å². The molecule has 3 N–H and O–H groups in total. The maximum atomic E-state index is 10.4. The molecular formula is C14H21NO2. The zero-order valence-electron chi connectivity index (χ0n) is 10.6. The standard InChI is InChI=1S/C14H21NO2/c1-10(2)9-11-3-5-12(6-4-11)13(15)7-8-14(16)17/h3-6,10,13H,7-9,15H2,1-2H3,(H,16,17)/t13-/m0/s1. The Kier molecular flexibility index (Phi) is 5.16. The summed E-state index contributed by atoms with van der Waals surface area (Å²) in [5.74, 6) is -0.357. The molecule has 94 valence electrons. The summed E-state index contributed by atoms with van der Waals surface area (Å²) < 4.78 is 0. The van der Waals surface area contributed by atoms with Crippen LogP contribution in [0.2, 0.25) is 0 Å². The number of quaternary nitrogens is 1. The van der Waals surface area contributed by atoms with Crippen molar-refractivity contribution in [1.29, 1.82) is 0 Å². The number of carboxylic acids is 1. The minimum Gasteiger partial charge on any atom is -0.550 e. The number of rotatable bonds is 6. The van der Waals surface area contributed by atoms with Gasteiger partial charge in [-0.3, -0.25) is 0 Å². The van der Waals surface area contributed by atoms with Gasteiger partial charge in [0.1, 0.15) is 6.04 Å². The van der Waals surface area contributed by atoms with Crippen LogP contribution in [0.1, 0.15) is 43.9 Å². The SMILES string of the molecule is CC(C)Cc1ccc([C@@H]([NH3+])CCC(=O)[O-])cc1. The van der Waals surface area contributed by atoms with Gasteiger partial charge < -0.3 is 15.6 Å². The summed E-state index contributed by atoms with van der Waals surface area (Å²) in [5, 5.41) is 10.4. The van der Waals surface area contributed by atoms with Gasteiger partial charge in [-0.1, -0.05) is 38.1 Å². The summed E-state index contributed by atoms with van der Waals surface area (Å²) in [5.41, 5.74) is 6.39. The van der Waals surface area contributed by atoms with E-state index in [0.717, 1.165) is 12.0 Å². The van der Waals surface area contributed by atoms with E-state index in [1.165, 1.54) is 5.56 Å². The van der Waals surface area contributed by atoms with E-state index >= 15 is 0 Å². The predicted octanol–water partition coefficient (Wildman–Crippen LogP) is 0.698. The van der Waals surface area contributed by atoms with Crippen molar-refractivity contribution in [2.24, 2.45) is 5.92 Å². The van der Waals surface area contributed by atoms with Crippen LogP contribution in [0.25, 0.3) is 0 Å². The maximum absolute atomic E-state index is 10.4. The molecule has 1 atom stereocenters. The molecule has 0 bridgehead atoms. The van der Waals surface area contributed by atoms with E-state index in [4.69, 9.17) is 0 Å². The maximum Gasteiger partial charge on any atom is 0.110 e. The third-order valence-electron chi connectivity index (χ3n) is 2.79. The van der Waals surface area contributed by atoms with Gasteiger partial charge >= 0.3 is 0 Å². The summed E-state index contributed by atoms with van der Waals surface area (Å²) in [6.45, 7) is 4.38. The number of hydrogen-bond acceptors (Lipinski definition) is 2. The van der Waals surface area contributed by atoms with E-state index in [1.54, 1.807) is 0 Å². The van der Waals surface area contributed by atoms with E-state index in [2.05, 4.69) is 31.7 Å². The second-order valence-electron chi connectivity index (χ2n) is 4.95.